The maximum absolute atomic E-state index is 15.1. The Balaban J connectivity index is 1.31. The summed E-state index contributed by atoms with van der Waals surface area (Å²) in [5.41, 5.74) is 1.63. The van der Waals surface area contributed by atoms with Crippen LogP contribution in [-0.4, -0.2) is 114 Å². The SMILES string of the molecule is Cc1cc(N(CCCCCCN(C)C)c2nc(C(=O)O)c(CCCOc3ccc(C#CCN(C)C(=O)OC(C)(C)C)cc3F)s2)nnc1/N=c1\sc2ccccc2n1COCC[Si](C)(C)C. The predicted octanol–water partition coefficient (Wildman–Crippen LogP) is 10.1. The number of aromatic carboxylic acids is 1. The highest BCUT2D eigenvalue weighted by molar-refractivity contribution is 7.16. The molecular formula is C48H65FN8O6S2Si. The number of rotatable bonds is 22. The van der Waals surface area contributed by atoms with Crippen LogP contribution in [0.5, 0.6) is 5.75 Å². The van der Waals surface area contributed by atoms with Crippen LogP contribution in [0, 0.1) is 24.6 Å². The molecule has 0 aliphatic rings. The number of anilines is 2. The van der Waals surface area contributed by atoms with Crippen molar-refractivity contribution in [2.24, 2.45) is 4.99 Å². The van der Waals surface area contributed by atoms with Crippen LogP contribution in [0.15, 0.2) is 53.5 Å². The van der Waals surface area contributed by atoms with Crippen molar-refractivity contribution >= 4 is 69.8 Å². The number of unbranched alkanes of at least 4 members (excludes halogenated alkanes) is 3. The molecule has 2 aromatic carbocycles. The summed E-state index contributed by atoms with van der Waals surface area (Å²) in [5.74, 6) is 5.13. The molecule has 0 aliphatic heterocycles. The van der Waals surface area contributed by atoms with E-state index in [1.54, 1.807) is 45.2 Å². The first kappa shape index (κ1) is 51.8. The van der Waals surface area contributed by atoms with Crippen LogP contribution in [0.1, 0.15) is 79.4 Å². The zero-order chi connectivity index (χ0) is 48.0. The molecule has 356 valence electrons. The van der Waals surface area contributed by atoms with Gasteiger partial charge in [0.25, 0.3) is 0 Å². The van der Waals surface area contributed by atoms with Gasteiger partial charge in [-0.2, -0.15) is 4.99 Å². The molecule has 1 N–H and O–H groups in total. The third-order valence-corrected chi connectivity index (χ3v) is 14.0. The third-order valence-electron chi connectivity index (χ3n) is 10.1. The molecule has 0 aliphatic carbocycles. The molecule has 18 heteroatoms. The summed E-state index contributed by atoms with van der Waals surface area (Å²) in [5, 5.41) is 20.1. The van der Waals surface area contributed by atoms with Crippen LogP contribution in [0.3, 0.4) is 0 Å². The molecule has 0 unspecified atom stereocenters. The van der Waals surface area contributed by atoms with Crippen LogP contribution in [0.25, 0.3) is 10.2 Å². The lowest BCUT2D eigenvalue weighted by atomic mass is 10.2. The van der Waals surface area contributed by atoms with Gasteiger partial charge >= 0.3 is 12.1 Å². The van der Waals surface area contributed by atoms with E-state index in [9.17, 15) is 14.7 Å². The van der Waals surface area contributed by atoms with Crippen molar-refractivity contribution in [1.29, 1.82) is 0 Å². The molecule has 0 bridgehead atoms. The highest BCUT2D eigenvalue weighted by Gasteiger charge is 2.24. The highest BCUT2D eigenvalue weighted by atomic mass is 32.1. The van der Waals surface area contributed by atoms with Gasteiger partial charge in [-0.05, 0) is 122 Å². The summed E-state index contributed by atoms with van der Waals surface area (Å²) in [7, 11) is 4.47. The lowest BCUT2D eigenvalue weighted by molar-refractivity contribution is 0.0320. The van der Waals surface area contributed by atoms with E-state index in [1.807, 2.05) is 30.0 Å². The molecular weight excluding hydrogens is 896 g/mol. The number of ether oxygens (including phenoxy) is 3. The topological polar surface area (TPSA) is 148 Å². The number of aromatic nitrogens is 4. The van der Waals surface area contributed by atoms with Gasteiger partial charge in [-0.15, -0.1) is 21.5 Å². The minimum absolute atomic E-state index is 0.0323. The Kier molecular flexibility index (Phi) is 18.8. The summed E-state index contributed by atoms with van der Waals surface area (Å²) in [6.45, 7) is 17.2. The van der Waals surface area contributed by atoms with Crippen molar-refractivity contribution in [3.8, 4) is 17.6 Å². The molecule has 0 saturated heterocycles. The number of amides is 1. The van der Waals surface area contributed by atoms with Crippen LogP contribution < -0.4 is 14.4 Å². The van der Waals surface area contributed by atoms with Crippen molar-refractivity contribution < 1.29 is 33.3 Å². The van der Waals surface area contributed by atoms with Gasteiger partial charge in [0.1, 0.15) is 12.3 Å². The van der Waals surface area contributed by atoms with Gasteiger partial charge in [0.05, 0.1) is 23.4 Å². The fourth-order valence-electron chi connectivity index (χ4n) is 6.49. The monoisotopic (exact) mass is 960 g/mol. The molecule has 66 heavy (non-hydrogen) atoms. The van der Waals surface area contributed by atoms with Crippen molar-refractivity contribution in [2.45, 2.75) is 104 Å². The molecule has 0 spiro atoms. The minimum Gasteiger partial charge on any atom is -0.491 e. The first-order chi connectivity index (χ1) is 31.3. The van der Waals surface area contributed by atoms with E-state index >= 15 is 4.39 Å². The van der Waals surface area contributed by atoms with E-state index < -0.39 is 31.6 Å². The first-order valence-corrected chi connectivity index (χ1v) is 27.7. The number of carboxylic acid groups (broad SMARTS) is 1. The van der Waals surface area contributed by atoms with E-state index in [-0.39, 0.29) is 24.6 Å². The molecule has 0 saturated carbocycles. The summed E-state index contributed by atoms with van der Waals surface area (Å²) in [6, 6.07) is 15.6. The number of aryl methyl sites for hydroxylation is 2. The lowest BCUT2D eigenvalue weighted by Crippen LogP contribution is -2.34. The van der Waals surface area contributed by atoms with E-state index in [0.717, 1.165) is 58.9 Å². The van der Waals surface area contributed by atoms with Crippen LogP contribution in [0.2, 0.25) is 25.7 Å². The predicted molar refractivity (Wildman–Crippen MR) is 265 cm³/mol. The Bertz CT molecular complexity index is 2550. The van der Waals surface area contributed by atoms with Gasteiger partial charge in [-0.1, -0.05) is 67.8 Å². The number of nitrogens with zero attached hydrogens (tertiary/aromatic N) is 8. The van der Waals surface area contributed by atoms with Crippen molar-refractivity contribution in [1.82, 2.24) is 29.5 Å². The number of carbonyl (C=O) groups is 2. The standard InChI is InChI=1S/C48H65FN8O6S2Si/c1-34-31-41(52-53-43(34)51-46-57(33-61-29-30-66(8,9)10)37-20-13-14-21-39(37)64-46)56(27-16-12-11-15-25-54(5)6)45-50-42(44(58)59)40(65-45)22-18-28-62-38-24-23-35(32-36(38)49)19-17-26-55(7)47(60)63-48(2,3)4/h13-14,20-21,23-24,31-32H,11-12,15-16,18,22,25-30,33H2,1-10H3,(H,58,59)/b51-46-. The van der Waals surface area contributed by atoms with Crippen molar-refractivity contribution in [3.63, 3.8) is 0 Å². The summed E-state index contributed by atoms with van der Waals surface area (Å²) < 4.78 is 35.5. The lowest BCUT2D eigenvalue weighted by Gasteiger charge is -2.23. The highest BCUT2D eigenvalue weighted by Crippen LogP contribution is 2.34. The number of carboxylic acids is 1. The summed E-state index contributed by atoms with van der Waals surface area (Å²) in [4.78, 5) is 41.2. The number of benzene rings is 2. The second-order valence-electron chi connectivity index (χ2n) is 18.6. The van der Waals surface area contributed by atoms with E-state index in [4.69, 9.17) is 19.2 Å². The zero-order valence-electron chi connectivity index (χ0n) is 40.1. The van der Waals surface area contributed by atoms with Crippen LogP contribution in [-0.2, 0) is 22.6 Å². The molecule has 0 atom stereocenters. The number of halogens is 1. The van der Waals surface area contributed by atoms with Gasteiger partial charge in [-0.3, -0.25) is 4.57 Å². The number of fused-ring (bicyclic) bond motifs is 1. The van der Waals surface area contributed by atoms with Gasteiger partial charge < -0.3 is 34.0 Å². The van der Waals surface area contributed by atoms with Gasteiger partial charge in [0.2, 0.25) is 0 Å². The molecule has 3 heterocycles. The third kappa shape index (κ3) is 16.0. The Labute approximate surface area is 397 Å². The quantitative estimate of drug-likeness (QED) is 0.0402. The first-order valence-electron chi connectivity index (χ1n) is 22.3. The molecule has 0 fully saturated rings. The molecule has 5 aromatic rings. The van der Waals surface area contributed by atoms with Crippen LogP contribution in [0.4, 0.5) is 26.0 Å². The van der Waals surface area contributed by atoms with E-state index in [2.05, 4.69) is 82.4 Å². The Morgan fingerprint density at radius 2 is 1.70 bits per heavy atom. The normalized spacial score (nSPS) is 12.1. The van der Waals surface area contributed by atoms with E-state index in [0.29, 0.717) is 59.9 Å². The fraction of sp³-hybridized carbons (Fsp3) is 0.500. The second kappa shape index (κ2) is 24.0. The average molecular weight is 961 g/mol. The smallest absolute Gasteiger partial charge is 0.410 e. The number of hydrogen-bond donors (Lipinski definition) is 1. The molecule has 14 nitrogen and oxygen atoms in total. The number of hydrogen-bond acceptors (Lipinski definition) is 13. The fourth-order valence-corrected chi connectivity index (χ4v) is 9.39. The van der Waals surface area contributed by atoms with Crippen LogP contribution >= 0.6 is 22.7 Å². The number of carbonyl (C=O) groups excluding carboxylic acids is 1. The van der Waals surface area contributed by atoms with Gasteiger partial charge in [-0.25, -0.2) is 19.0 Å². The largest absolute Gasteiger partial charge is 0.491 e. The maximum atomic E-state index is 15.1. The second-order valence-corrected chi connectivity index (χ2v) is 26.3. The van der Waals surface area contributed by atoms with E-state index in [1.165, 1.54) is 28.4 Å². The Morgan fingerprint density at radius 1 is 0.955 bits per heavy atom. The van der Waals surface area contributed by atoms with Gasteiger partial charge in [0, 0.05) is 38.7 Å². The van der Waals surface area contributed by atoms with Crippen molar-refractivity contribution in [2.75, 3.05) is 58.9 Å². The van der Waals surface area contributed by atoms with Gasteiger partial charge in [0.15, 0.2) is 38.8 Å². The molecule has 3 aromatic heterocycles. The Hall–Kier alpha value is -5.19. The zero-order valence-corrected chi connectivity index (χ0v) is 42.7. The molecule has 0 radical (unpaired) electrons. The Morgan fingerprint density at radius 3 is 2.38 bits per heavy atom. The number of para-hydroxylation sites is 1. The maximum Gasteiger partial charge on any atom is 0.410 e. The summed E-state index contributed by atoms with van der Waals surface area (Å²) >= 11 is 2.87. The van der Waals surface area contributed by atoms with Crippen molar-refractivity contribution in [3.05, 3.63) is 80.8 Å². The average Bonchev–Trinajstić information content (AvgIpc) is 3.82. The molecule has 5 rings (SSSR count). The summed E-state index contributed by atoms with van der Waals surface area (Å²) in [6.07, 6.45) is 4.22. The molecule has 1 amide bonds. The minimum atomic E-state index is -1.26. The number of thiazole rings is 2.